The van der Waals surface area contributed by atoms with Crippen molar-refractivity contribution in [3.8, 4) is 0 Å². The van der Waals surface area contributed by atoms with Crippen LogP contribution in [0.1, 0.15) is 24.2 Å². The van der Waals surface area contributed by atoms with Gasteiger partial charge in [0.1, 0.15) is 5.54 Å². The van der Waals surface area contributed by atoms with Crippen LogP contribution in [0.3, 0.4) is 0 Å². The second kappa shape index (κ2) is 4.74. The van der Waals surface area contributed by atoms with Crippen LogP contribution in [0.5, 0.6) is 0 Å². The van der Waals surface area contributed by atoms with Gasteiger partial charge in [-0.05, 0) is 32.0 Å². The van der Waals surface area contributed by atoms with Gasteiger partial charge in [-0.25, -0.2) is 0 Å². The number of benzene rings is 1. The Morgan fingerprint density at radius 2 is 2.16 bits per heavy atom. The molecule has 6 heteroatoms. The maximum Gasteiger partial charge on any atom is 0.256 e. The summed E-state index contributed by atoms with van der Waals surface area (Å²) in [5.41, 5.74) is 5.58. The molecule has 102 valence electrons. The predicted molar refractivity (Wildman–Crippen MR) is 74.0 cm³/mol. The molecular weight excluding hydrogens is 266 g/mol. The molecule has 1 fully saturated rings. The highest BCUT2D eigenvalue weighted by molar-refractivity contribution is 6.34. The monoisotopic (exact) mass is 281 g/mol. The molecule has 1 heterocycles. The summed E-state index contributed by atoms with van der Waals surface area (Å²) in [6.45, 7) is 4.33. The van der Waals surface area contributed by atoms with E-state index in [4.69, 9.17) is 17.3 Å². The zero-order valence-corrected chi connectivity index (χ0v) is 11.6. The Morgan fingerprint density at radius 1 is 1.47 bits per heavy atom. The van der Waals surface area contributed by atoms with Crippen molar-refractivity contribution in [1.29, 1.82) is 0 Å². The number of piperazine rings is 1. The van der Waals surface area contributed by atoms with E-state index in [1.54, 1.807) is 26.0 Å². The van der Waals surface area contributed by atoms with Crippen molar-refractivity contribution in [3.63, 3.8) is 0 Å². The van der Waals surface area contributed by atoms with Gasteiger partial charge >= 0.3 is 0 Å². The van der Waals surface area contributed by atoms with Crippen molar-refractivity contribution in [2.24, 2.45) is 0 Å². The van der Waals surface area contributed by atoms with E-state index in [2.05, 4.69) is 5.32 Å². The number of nitrogens with one attached hydrogen (secondary N) is 1. The highest BCUT2D eigenvalue weighted by Crippen LogP contribution is 2.25. The molecule has 1 saturated heterocycles. The molecule has 1 aliphatic heterocycles. The van der Waals surface area contributed by atoms with Crippen molar-refractivity contribution >= 4 is 29.1 Å². The number of amides is 2. The maximum atomic E-state index is 12.5. The Labute approximate surface area is 116 Å². The molecule has 3 N–H and O–H groups in total. The molecule has 0 spiro atoms. The summed E-state index contributed by atoms with van der Waals surface area (Å²) in [6.07, 6.45) is 0. The Hall–Kier alpha value is -1.75. The van der Waals surface area contributed by atoms with E-state index >= 15 is 0 Å². The first-order valence-corrected chi connectivity index (χ1v) is 6.37. The topological polar surface area (TPSA) is 75.4 Å². The Morgan fingerprint density at radius 3 is 2.79 bits per heavy atom. The molecular formula is C13H16ClN3O2. The average molecular weight is 282 g/mol. The molecule has 0 unspecified atom stereocenters. The lowest BCUT2D eigenvalue weighted by molar-refractivity contribution is -0.133. The number of anilines is 1. The third-order valence-corrected chi connectivity index (χ3v) is 3.63. The molecule has 1 aliphatic rings. The highest BCUT2D eigenvalue weighted by Gasteiger charge is 2.41. The van der Waals surface area contributed by atoms with Crippen molar-refractivity contribution in [3.05, 3.63) is 28.8 Å². The fraction of sp³-hybridized carbons (Fsp3) is 0.385. The highest BCUT2D eigenvalue weighted by atomic mass is 35.5. The first-order valence-electron chi connectivity index (χ1n) is 5.99. The van der Waals surface area contributed by atoms with Crippen LogP contribution in [0.2, 0.25) is 5.02 Å². The van der Waals surface area contributed by atoms with Crippen molar-refractivity contribution in [2.75, 3.05) is 18.8 Å². The number of rotatable bonds is 1. The zero-order chi connectivity index (χ0) is 14.2. The van der Waals surface area contributed by atoms with Gasteiger partial charge in [0.2, 0.25) is 5.91 Å². The second-order valence-electron chi connectivity index (χ2n) is 5.01. The van der Waals surface area contributed by atoms with Gasteiger partial charge in [-0.1, -0.05) is 11.6 Å². The van der Waals surface area contributed by atoms with E-state index in [-0.39, 0.29) is 11.8 Å². The van der Waals surface area contributed by atoms with E-state index in [1.165, 1.54) is 11.0 Å². The van der Waals surface area contributed by atoms with Gasteiger partial charge in [0.15, 0.2) is 0 Å². The van der Waals surface area contributed by atoms with Crippen LogP contribution in [0.4, 0.5) is 5.69 Å². The molecule has 0 saturated carbocycles. The van der Waals surface area contributed by atoms with E-state index in [9.17, 15) is 9.59 Å². The molecule has 0 aliphatic carbocycles. The third kappa shape index (κ3) is 2.38. The number of hydrogen-bond acceptors (Lipinski definition) is 3. The fourth-order valence-electron chi connectivity index (χ4n) is 2.11. The molecule has 0 radical (unpaired) electrons. The number of nitrogens with zero attached hydrogens (tertiary/aromatic N) is 1. The van der Waals surface area contributed by atoms with Gasteiger partial charge in [0.25, 0.3) is 5.91 Å². The summed E-state index contributed by atoms with van der Waals surface area (Å²) in [4.78, 5) is 25.9. The molecule has 0 bridgehead atoms. The number of nitrogen functional groups attached to an aromatic ring is 1. The zero-order valence-electron chi connectivity index (χ0n) is 10.9. The summed E-state index contributed by atoms with van der Waals surface area (Å²) in [5.74, 6) is -0.427. The lowest BCUT2D eigenvalue weighted by atomic mass is 9.97. The van der Waals surface area contributed by atoms with E-state index in [1.807, 2.05) is 0 Å². The smallest absolute Gasteiger partial charge is 0.256 e. The third-order valence-electron chi connectivity index (χ3n) is 3.32. The molecule has 5 nitrogen and oxygen atoms in total. The van der Waals surface area contributed by atoms with Crippen molar-refractivity contribution < 1.29 is 9.59 Å². The van der Waals surface area contributed by atoms with Crippen LogP contribution < -0.4 is 11.1 Å². The first kappa shape index (κ1) is 13.7. The number of carbonyl (C=O) groups is 2. The van der Waals surface area contributed by atoms with Crippen molar-refractivity contribution in [1.82, 2.24) is 10.2 Å². The van der Waals surface area contributed by atoms with Crippen molar-refractivity contribution in [2.45, 2.75) is 19.4 Å². The number of nitrogens with two attached hydrogens (primary N) is 1. The molecule has 2 rings (SSSR count). The van der Waals surface area contributed by atoms with Crippen LogP contribution in [0.25, 0.3) is 0 Å². The molecule has 0 aromatic heterocycles. The average Bonchev–Trinajstić information content (AvgIpc) is 2.32. The van der Waals surface area contributed by atoms with Gasteiger partial charge in [-0.2, -0.15) is 0 Å². The van der Waals surface area contributed by atoms with E-state index in [0.717, 1.165) is 0 Å². The summed E-state index contributed by atoms with van der Waals surface area (Å²) in [5, 5.41) is 3.04. The van der Waals surface area contributed by atoms with Gasteiger partial charge in [0, 0.05) is 18.8 Å². The Kier molecular flexibility index (Phi) is 3.41. The van der Waals surface area contributed by atoms with Crippen LogP contribution >= 0.6 is 11.6 Å². The van der Waals surface area contributed by atoms with Gasteiger partial charge in [-0.3, -0.25) is 9.59 Å². The summed E-state index contributed by atoms with van der Waals surface area (Å²) in [6, 6.07) is 4.74. The van der Waals surface area contributed by atoms with Gasteiger partial charge < -0.3 is 16.0 Å². The minimum absolute atomic E-state index is 0.168. The lowest BCUT2D eigenvalue weighted by Gasteiger charge is -2.41. The summed E-state index contributed by atoms with van der Waals surface area (Å²) >= 11 is 6.05. The second-order valence-corrected chi connectivity index (χ2v) is 5.42. The van der Waals surface area contributed by atoms with Crippen LogP contribution in [-0.2, 0) is 4.79 Å². The number of halogens is 1. The fourth-order valence-corrected chi connectivity index (χ4v) is 2.38. The maximum absolute atomic E-state index is 12.5. The quantitative estimate of drug-likeness (QED) is 0.761. The molecule has 2 amide bonds. The lowest BCUT2D eigenvalue weighted by Crippen LogP contribution is -2.63. The SMILES string of the molecule is CC1(C)C(=O)NCCN1C(=O)c1ccc(N)cc1Cl. The van der Waals surface area contributed by atoms with E-state index in [0.29, 0.717) is 29.4 Å². The van der Waals surface area contributed by atoms with Crippen LogP contribution in [0.15, 0.2) is 18.2 Å². The molecule has 1 aromatic rings. The predicted octanol–water partition coefficient (Wildman–Crippen LogP) is 1.27. The Balaban J connectivity index is 2.35. The summed E-state index contributed by atoms with van der Waals surface area (Å²) < 4.78 is 0. The standard InChI is InChI=1S/C13H16ClN3O2/c1-13(2)12(19)16-5-6-17(13)11(18)9-4-3-8(15)7-10(9)14/h3-4,7H,5-6,15H2,1-2H3,(H,16,19). The Bertz CT molecular complexity index is 543. The van der Waals surface area contributed by atoms with Crippen LogP contribution in [0, 0.1) is 0 Å². The van der Waals surface area contributed by atoms with E-state index < -0.39 is 5.54 Å². The van der Waals surface area contributed by atoms with Crippen LogP contribution in [-0.4, -0.2) is 35.3 Å². The largest absolute Gasteiger partial charge is 0.399 e. The molecule has 19 heavy (non-hydrogen) atoms. The summed E-state index contributed by atoms with van der Waals surface area (Å²) in [7, 11) is 0. The molecule has 1 aromatic carbocycles. The van der Waals surface area contributed by atoms with Gasteiger partial charge in [0.05, 0.1) is 10.6 Å². The van der Waals surface area contributed by atoms with Gasteiger partial charge in [-0.15, -0.1) is 0 Å². The number of carbonyl (C=O) groups excluding carboxylic acids is 2. The first-order chi connectivity index (χ1) is 8.84. The molecule has 0 atom stereocenters. The number of hydrogen-bond donors (Lipinski definition) is 2. The minimum atomic E-state index is -0.889. The normalized spacial score (nSPS) is 18.1. The minimum Gasteiger partial charge on any atom is -0.399 e.